The van der Waals surface area contributed by atoms with Gasteiger partial charge >= 0.3 is 5.97 Å². The monoisotopic (exact) mass is 194 g/mol. The average Bonchev–Trinajstić information content (AvgIpc) is 2.32. The molecule has 1 unspecified atom stereocenters. The third kappa shape index (κ3) is 2.10. The molecule has 1 aliphatic rings. The van der Waals surface area contributed by atoms with E-state index in [0.717, 1.165) is 11.1 Å². The van der Waals surface area contributed by atoms with Crippen LogP contribution in [0.5, 0.6) is 0 Å². The molecule has 3 nitrogen and oxygen atoms in total. The molecule has 1 rings (SSSR count). The van der Waals surface area contributed by atoms with E-state index in [1.165, 1.54) is 6.92 Å². The minimum atomic E-state index is -0.352. The topological polar surface area (TPSA) is 43.4 Å². The van der Waals surface area contributed by atoms with Crippen LogP contribution >= 0.6 is 0 Å². The van der Waals surface area contributed by atoms with Crippen LogP contribution in [0.15, 0.2) is 23.8 Å². The molecular weight excluding hydrogens is 180 g/mol. The highest BCUT2D eigenvalue weighted by atomic mass is 16.5. The van der Waals surface area contributed by atoms with Crippen LogP contribution in [0.25, 0.3) is 0 Å². The second-order valence-corrected chi connectivity index (χ2v) is 3.38. The number of carbonyl (C=O) groups excluding carboxylic acids is 2. The zero-order chi connectivity index (χ0) is 10.7. The van der Waals surface area contributed by atoms with Crippen LogP contribution in [0.3, 0.4) is 0 Å². The summed E-state index contributed by atoms with van der Waals surface area (Å²) in [5.41, 5.74) is 1.61. The van der Waals surface area contributed by atoms with Crippen molar-refractivity contribution in [3.8, 4) is 0 Å². The smallest absolute Gasteiger partial charge is 0.303 e. The Kier molecular flexibility index (Phi) is 3.23. The van der Waals surface area contributed by atoms with E-state index in [1.54, 1.807) is 6.08 Å². The molecule has 0 bridgehead atoms. The van der Waals surface area contributed by atoms with Gasteiger partial charge in [0.05, 0.1) is 6.42 Å². The van der Waals surface area contributed by atoms with Gasteiger partial charge in [0, 0.05) is 12.5 Å². The van der Waals surface area contributed by atoms with Crippen molar-refractivity contribution in [1.82, 2.24) is 0 Å². The van der Waals surface area contributed by atoms with Gasteiger partial charge in [-0.3, -0.25) is 9.59 Å². The van der Waals surface area contributed by atoms with Crippen molar-refractivity contribution in [2.75, 3.05) is 0 Å². The molecule has 0 amide bonds. The van der Waals surface area contributed by atoms with E-state index in [-0.39, 0.29) is 24.3 Å². The second-order valence-electron chi connectivity index (χ2n) is 3.38. The van der Waals surface area contributed by atoms with Gasteiger partial charge in [0.25, 0.3) is 0 Å². The molecule has 0 fully saturated rings. The van der Waals surface area contributed by atoms with E-state index < -0.39 is 0 Å². The molecule has 0 heterocycles. The lowest BCUT2D eigenvalue weighted by Gasteiger charge is -2.10. The van der Waals surface area contributed by atoms with Crippen molar-refractivity contribution in [2.45, 2.75) is 32.8 Å². The predicted molar refractivity (Wildman–Crippen MR) is 52.7 cm³/mol. The SMILES string of the molecule is C=CCC1=C(C)C(OC(C)=O)CC1=O. The summed E-state index contributed by atoms with van der Waals surface area (Å²) in [4.78, 5) is 22.2. The first-order chi connectivity index (χ1) is 6.56. The van der Waals surface area contributed by atoms with E-state index in [9.17, 15) is 9.59 Å². The summed E-state index contributed by atoms with van der Waals surface area (Å²) in [6.45, 7) is 6.77. The zero-order valence-electron chi connectivity index (χ0n) is 8.50. The van der Waals surface area contributed by atoms with Gasteiger partial charge in [-0.25, -0.2) is 0 Å². The second kappa shape index (κ2) is 4.22. The van der Waals surface area contributed by atoms with Crippen molar-refractivity contribution < 1.29 is 14.3 Å². The van der Waals surface area contributed by atoms with Gasteiger partial charge in [-0.05, 0) is 18.9 Å². The molecule has 1 aliphatic carbocycles. The maximum atomic E-state index is 11.5. The predicted octanol–water partition coefficient (Wildman–Crippen LogP) is 1.78. The third-order valence-electron chi connectivity index (χ3n) is 2.32. The van der Waals surface area contributed by atoms with E-state index in [4.69, 9.17) is 4.74 Å². The largest absolute Gasteiger partial charge is 0.458 e. The molecule has 0 aromatic carbocycles. The first-order valence-corrected chi connectivity index (χ1v) is 4.57. The standard InChI is InChI=1S/C11H14O3/c1-4-5-9-7(2)11(6-10(9)13)14-8(3)12/h4,11H,1,5-6H2,2-3H3. The number of rotatable bonds is 3. The fraction of sp³-hybridized carbons (Fsp3) is 0.455. The molecule has 0 spiro atoms. The molecule has 0 radical (unpaired) electrons. The van der Waals surface area contributed by atoms with Crippen molar-refractivity contribution in [3.05, 3.63) is 23.8 Å². The lowest BCUT2D eigenvalue weighted by atomic mass is 10.1. The Balaban J connectivity index is 2.81. The Hall–Kier alpha value is -1.38. The number of ketones is 1. The Bertz CT molecular complexity index is 312. The molecule has 3 heteroatoms. The molecule has 0 aromatic heterocycles. The van der Waals surface area contributed by atoms with Gasteiger partial charge in [0.1, 0.15) is 6.10 Å². The lowest BCUT2D eigenvalue weighted by Crippen LogP contribution is -2.15. The molecule has 1 atom stereocenters. The van der Waals surface area contributed by atoms with Gasteiger partial charge in [0.2, 0.25) is 0 Å². The molecule has 0 saturated heterocycles. The minimum absolute atomic E-state index is 0.0636. The van der Waals surface area contributed by atoms with Crippen LogP contribution in [-0.4, -0.2) is 17.9 Å². The summed E-state index contributed by atoms with van der Waals surface area (Å²) in [6, 6.07) is 0. The number of hydrogen-bond acceptors (Lipinski definition) is 3. The first kappa shape index (κ1) is 10.7. The third-order valence-corrected chi connectivity index (χ3v) is 2.32. The fourth-order valence-electron chi connectivity index (χ4n) is 1.61. The number of ether oxygens (including phenoxy) is 1. The number of carbonyl (C=O) groups is 2. The zero-order valence-corrected chi connectivity index (χ0v) is 8.50. The molecule has 14 heavy (non-hydrogen) atoms. The highest BCUT2D eigenvalue weighted by Gasteiger charge is 2.30. The molecule has 76 valence electrons. The van der Waals surface area contributed by atoms with Crippen LogP contribution in [0, 0.1) is 0 Å². The molecule has 0 aromatic rings. The Labute approximate surface area is 83.4 Å². The lowest BCUT2D eigenvalue weighted by molar-refractivity contribution is -0.144. The van der Waals surface area contributed by atoms with Gasteiger partial charge in [-0.2, -0.15) is 0 Å². The maximum Gasteiger partial charge on any atom is 0.303 e. The summed E-state index contributed by atoms with van der Waals surface area (Å²) < 4.78 is 5.02. The van der Waals surface area contributed by atoms with E-state index >= 15 is 0 Å². The highest BCUT2D eigenvalue weighted by molar-refractivity contribution is 6.00. The maximum absolute atomic E-state index is 11.5. The Morgan fingerprint density at radius 1 is 1.71 bits per heavy atom. The summed E-state index contributed by atoms with van der Waals surface area (Å²) >= 11 is 0. The van der Waals surface area contributed by atoms with Crippen molar-refractivity contribution in [2.24, 2.45) is 0 Å². The number of hydrogen-bond donors (Lipinski definition) is 0. The van der Waals surface area contributed by atoms with Crippen LogP contribution in [-0.2, 0) is 14.3 Å². The normalized spacial score (nSPS) is 21.3. The van der Waals surface area contributed by atoms with Crippen LogP contribution in [0.1, 0.15) is 26.7 Å². The average molecular weight is 194 g/mol. The molecule has 0 aliphatic heterocycles. The molecular formula is C11H14O3. The Morgan fingerprint density at radius 2 is 2.36 bits per heavy atom. The molecule has 0 N–H and O–H groups in total. The summed E-state index contributed by atoms with van der Waals surface area (Å²) in [6.07, 6.45) is 2.18. The van der Waals surface area contributed by atoms with E-state index in [2.05, 4.69) is 6.58 Å². The van der Waals surface area contributed by atoms with Crippen molar-refractivity contribution in [1.29, 1.82) is 0 Å². The van der Waals surface area contributed by atoms with Gasteiger partial charge in [-0.1, -0.05) is 6.08 Å². The van der Waals surface area contributed by atoms with Crippen molar-refractivity contribution >= 4 is 11.8 Å². The van der Waals surface area contributed by atoms with E-state index in [1.807, 2.05) is 6.92 Å². The number of esters is 1. The highest BCUT2D eigenvalue weighted by Crippen LogP contribution is 2.28. The van der Waals surface area contributed by atoms with Gasteiger partial charge in [-0.15, -0.1) is 6.58 Å². The van der Waals surface area contributed by atoms with Gasteiger partial charge in [0.15, 0.2) is 5.78 Å². The first-order valence-electron chi connectivity index (χ1n) is 4.57. The van der Waals surface area contributed by atoms with E-state index in [0.29, 0.717) is 6.42 Å². The number of Topliss-reactive ketones (excluding diaryl/α,β-unsaturated/α-hetero) is 1. The van der Waals surface area contributed by atoms with Crippen LogP contribution in [0.4, 0.5) is 0 Å². The minimum Gasteiger partial charge on any atom is -0.458 e. The summed E-state index contributed by atoms with van der Waals surface area (Å²) in [7, 11) is 0. The summed E-state index contributed by atoms with van der Waals surface area (Å²) in [5, 5.41) is 0. The Morgan fingerprint density at radius 3 is 2.86 bits per heavy atom. The van der Waals surface area contributed by atoms with Crippen molar-refractivity contribution in [3.63, 3.8) is 0 Å². The summed E-state index contributed by atoms with van der Waals surface area (Å²) in [5.74, 6) is -0.282. The number of allylic oxidation sites excluding steroid dienone is 2. The van der Waals surface area contributed by atoms with Crippen LogP contribution < -0.4 is 0 Å². The van der Waals surface area contributed by atoms with Crippen LogP contribution in [0.2, 0.25) is 0 Å². The fourth-order valence-corrected chi connectivity index (χ4v) is 1.61. The van der Waals surface area contributed by atoms with Gasteiger partial charge < -0.3 is 4.74 Å². The quantitative estimate of drug-likeness (QED) is 0.508. The molecule has 0 saturated carbocycles.